The molecule has 1 N–H and O–H groups in total. The molecule has 138 valence electrons. The van der Waals surface area contributed by atoms with Crippen molar-refractivity contribution in [2.75, 3.05) is 26.6 Å². The highest BCUT2D eigenvalue weighted by atomic mass is 31.2. The van der Waals surface area contributed by atoms with Crippen molar-refractivity contribution in [2.24, 2.45) is 0 Å². The molecule has 0 unspecified atom stereocenters. The van der Waals surface area contributed by atoms with Gasteiger partial charge in [0, 0.05) is 19.8 Å². The Labute approximate surface area is 150 Å². The highest BCUT2D eigenvalue weighted by Crippen LogP contribution is 2.47. The van der Waals surface area contributed by atoms with E-state index in [1.807, 2.05) is 0 Å². The molecular formula is C17H19N2O6P. The van der Waals surface area contributed by atoms with Gasteiger partial charge in [0.2, 0.25) is 17.2 Å². The summed E-state index contributed by atoms with van der Waals surface area (Å²) in [5.74, 6) is 1.86. The van der Waals surface area contributed by atoms with Gasteiger partial charge in [-0.3, -0.25) is 4.57 Å². The molecule has 1 aromatic carbocycles. The summed E-state index contributed by atoms with van der Waals surface area (Å²) in [4.78, 5) is 4.34. The van der Waals surface area contributed by atoms with E-state index in [2.05, 4.69) is 10.3 Å². The van der Waals surface area contributed by atoms with Gasteiger partial charge in [-0.15, -0.1) is 0 Å². The molecule has 3 aromatic rings. The Hall–Kier alpha value is -2.54. The average Bonchev–Trinajstić information content (AvgIpc) is 3.35. The molecule has 0 radical (unpaired) electrons. The fraction of sp³-hybridized carbons (Fsp3) is 0.235. The van der Waals surface area contributed by atoms with E-state index >= 15 is 0 Å². The van der Waals surface area contributed by atoms with Crippen molar-refractivity contribution < 1.29 is 27.2 Å². The summed E-state index contributed by atoms with van der Waals surface area (Å²) in [7, 11) is 0.558. The molecule has 0 atom stereocenters. The number of furan rings is 1. The van der Waals surface area contributed by atoms with Gasteiger partial charge in [0.25, 0.3) is 0 Å². The quantitative estimate of drug-likeness (QED) is 0.593. The number of hydrogen-bond donors (Lipinski definition) is 1. The van der Waals surface area contributed by atoms with E-state index in [0.29, 0.717) is 23.6 Å². The molecule has 2 heterocycles. The van der Waals surface area contributed by atoms with Crippen molar-refractivity contribution in [3.05, 3.63) is 48.4 Å². The summed E-state index contributed by atoms with van der Waals surface area (Å²) in [6.45, 7) is 0.324. The largest absolute Gasteiger partial charge is 0.497 e. The van der Waals surface area contributed by atoms with Gasteiger partial charge in [-0.05, 0) is 36.4 Å². The van der Waals surface area contributed by atoms with Gasteiger partial charge in [0.15, 0.2) is 0 Å². The minimum absolute atomic E-state index is 0.0693. The van der Waals surface area contributed by atoms with E-state index in [-0.39, 0.29) is 17.2 Å². The molecule has 0 bridgehead atoms. The molecule has 0 fully saturated rings. The van der Waals surface area contributed by atoms with E-state index < -0.39 is 7.60 Å². The van der Waals surface area contributed by atoms with Crippen LogP contribution >= 0.6 is 7.60 Å². The second-order valence-electron chi connectivity index (χ2n) is 5.20. The van der Waals surface area contributed by atoms with Gasteiger partial charge >= 0.3 is 7.60 Å². The van der Waals surface area contributed by atoms with Gasteiger partial charge in [0.1, 0.15) is 11.5 Å². The molecule has 0 aliphatic rings. The highest BCUT2D eigenvalue weighted by molar-refractivity contribution is 7.62. The number of nitrogens with zero attached hydrogens (tertiary/aromatic N) is 1. The molecule has 9 heteroatoms. The Morgan fingerprint density at radius 3 is 2.42 bits per heavy atom. The van der Waals surface area contributed by atoms with Crippen LogP contribution in [-0.4, -0.2) is 26.3 Å². The van der Waals surface area contributed by atoms with Crippen LogP contribution in [0.5, 0.6) is 5.75 Å². The van der Waals surface area contributed by atoms with Crippen LogP contribution in [0.4, 0.5) is 5.88 Å². The zero-order valence-electron chi connectivity index (χ0n) is 14.6. The molecule has 0 spiro atoms. The zero-order chi connectivity index (χ0) is 18.6. The maximum absolute atomic E-state index is 12.8. The summed E-state index contributed by atoms with van der Waals surface area (Å²) in [6.07, 6.45) is 1.57. The monoisotopic (exact) mass is 378 g/mol. The number of rotatable bonds is 8. The molecule has 26 heavy (non-hydrogen) atoms. The summed E-state index contributed by atoms with van der Waals surface area (Å²) in [5.41, 5.74) is 0.761. The fourth-order valence-electron chi connectivity index (χ4n) is 2.30. The first-order chi connectivity index (χ1) is 12.6. The van der Waals surface area contributed by atoms with Gasteiger partial charge in [0.05, 0.1) is 19.9 Å². The number of methoxy groups -OCH3 is 1. The maximum atomic E-state index is 12.8. The number of hydrogen-bond acceptors (Lipinski definition) is 8. The lowest BCUT2D eigenvalue weighted by atomic mass is 10.2. The van der Waals surface area contributed by atoms with Crippen LogP contribution in [0.2, 0.25) is 0 Å². The molecule has 0 aliphatic heterocycles. The van der Waals surface area contributed by atoms with E-state index in [4.69, 9.17) is 22.6 Å². The van der Waals surface area contributed by atoms with Gasteiger partial charge in [-0.2, -0.15) is 4.98 Å². The third-order valence-corrected chi connectivity index (χ3v) is 5.47. The Kier molecular flexibility index (Phi) is 5.46. The zero-order valence-corrected chi connectivity index (χ0v) is 15.5. The molecule has 8 nitrogen and oxygen atoms in total. The molecule has 0 saturated heterocycles. The van der Waals surface area contributed by atoms with Gasteiger partial charge in [-0.25, -0.2) is 0 Å². The minimum Gasteiger partial charge on any atom is -0.497 e. The Bertz CT molecular complexity index is 881. The van der Waals surface area contributed by atoms with Crippen LogP contribution < -0.4 is 15.5 Å². The van der Waals surface area contributed by atoms with Crippen molar-refractivity contribution in [1.29, 1.82) is 0 Å². The first-order valence-electron chi connectivity index (χ1n) is 7.73. The van der Waals surface area contributed by atoms with E-state index in [0.717, 1.165) is 0 Å². The number of anilines is 1. The number of aromatic nitrogens is 1. The number of ether oxygens (including phenoxy) is 1. The average molecular weight is 378 g/mol. The van der Waals surface area contributed by atoms with Crippen LogP contribution in [0.3, 0.4) is 0 Å². The minimum atomic E-state index is -3.62. The van der Waals surface area contributed by atoms with E-state index in [1.54, 1.807) is 49.8 Å². The lowest BCUT2D eigenvalue weighted by Gasteiger charge is -2.11. The highest BCUT2D eigenvalue weighted by Gasteiger charge is 2.34. The Balaban J connectivity index is 1.96. The summed E-state index contributed by atoms with van der Waals surface area (Å²) in [6, 6.07) is 10.7. The molecule has 3 rings (SSSR count). The molecule has 0 amide bonds. The molecule has 2 aromatic heterocycles. The maximum Gasteiger partial charge on any atom is 0.384 e. The van der Waals surface area contributed by atoms with Crippen LogP contribution in [-0.2, 0) is 20.2 Å². The fourth-order valence-corrected chi connectivity index (χ4v) is 3.38. The first kappa shape index (κ1) is 18.3. The standard InChI is InChI=1S/C17H19N2O6P/c1-21-13-8-6-12(7-9-13)15-19-17(26(20,22-2)23-3)16(25-15)18-11-14-5-4-10-24-14/h4-10,18H,11H2,1-3H3. The summed E-state index contributed by atoms with van der Waals surface area (Å²) < 4.78 is 39.2. The second-order valence-corrected chi connectivity index (χ2v) is 7.34. The smallest absolute Gasteiger partial charge is 0.384 e. The van der Waals surface area contributed by atoms with E-state index in [9.17, 15) is 4.57 Å². The number of benzene rings is 1. The van der Waals surface area contributed by atoms with Gasteiger partial charge < -0.3 is 27.9 Å². The lowest BCUT2D eigenvalue weighted by molar-refractivity contribution is 0.286. The topological polar surface area (TPSA) is 96.0 Å². The Morgan fingerprint density at radius 2 is 1.85 bits per heavy atom. The van der Waals surface area contributed by atoms with Crippen LogP contribution in [0.1, 0.15) is 5.76 Å². The third-order valence-electron chi connectivity index (χ3n) is 3.69. The normalized spacial score (nSPS) is 11.5. The predicted octanol–water partition coefficient (Wildman–Crippen LogP) is 3.67. The SMILES string of the molecule is COc1ccc(-c2nc(P(=O)(OC)OC)c(NCc3ccco3)o2)cc1. The van der Waals surface area contributed by atoms with Crippen molar-refractivity contribution in [3.63, 3.8) is 0 Å². The summed E-state index contributed by atoms with van der Waals surface area (Å²) >= 11 is 0. The van der Waals surface area contributed by atoms with Crippen molar-refractivity contribution >= 4 is 18.9 Å². The van der Waals surface area contributed by atoms with Crippen molar-refractivity contribution in [2.45, 2.75) is 6.54 Å². The predicted molar refractivity (Wildman–Crippen MR) is 95.8 cm³/mol. The van der Waals surface area contributed by atoms with Crippen molar-refractivity contribution in [1.82, 2.24) is 4.98 Å². The van der Waals surface area contributed by atoms with Crippen molar-refractivity contribution in [3.8, 4) is 17.2 Å². The third kappa shape index (κ3) is 3.67. The molecule has 0 saturated carbocycles. The van der Waals surface area contributed by atoms with Gasteiger partial charge in [-0.1, -0.05) is 0 Å². The first-order valence-corrected chi connectivity index (χ1v) is 9.27. The van der Waals surface area contributed by atoms with Crippen LogP contribution in [0.25, 0.3) is 11.5 Å². The number of nitrogens with one attached hydrogen (secondary N) is 1. The Morgan fingerprint density at radius 1 is 1.12 bits per heavy atom. The molecule has 0 aliphatic carbocycles. The second kappa shape index (κ2) is 7.78. The molecular weight excluding hydrogens is 359 g/mol. The lowest BCUT2D eigenvalue weighted by Crippen LogP contribution is -2.14. The van der Waals surface area contributed by atoms with Crippen LogP contribution in [0, 0.1) is 0 Å². The van der Waals surface area contributed by atoms with E-state index in [1.165, 1.54) is 14.2 Å². The summed E-state index contributed by atoms with van der Waals surface area (Å²) in [5, 5.41) is 3.02. The number of oxazole rings is 1. The van der Waals surface area contributed by atoms with Crippen LogP contribution in [0.15, 0.2) is 51.5 Å².